The van der Waals surface area contributed by atoms with Gasteiger partial charge in [0.25, 0.3) is 0 Å². The molecule has 0 atom stereocenters. The maximum Gasteiger partial charge on any atom is 0.241 e. The molecule has 0 unspecified atom stereocenters. The molecule has 4 nitrogen and oxygen atoms in total. The van der Waals surface area contributed by atoms with E-state index in [4.69, 9.17) is 12.6 Å². The fraction of sp³-hybridized carbons (Fsp3) is 0. The van der Waals surface area contributed by atoms with Crippen LogP contribution in [0.15, 0.2) is 64.8 Å². The molecule has 0 spiro atoms. The molecule has 2 aromatic carbocycles. The Hall–Kier alpha value is -2.43. The van der Waals surface area contributed by atoms with Gasteiger partial charge in [0.05, 0.1) is 11.4 Å². The van der Waals surface area contributed by atoms with Crippen molar-refractivity contribution in [1.29, 1.82) is 0 Å². The maximum atomic E-state index is 10.5. The van der Waals surface area contributed by atoms with Gasteiger partial charge in [-0.3, -0.25) is 4.79 Å². The number of hydrogen-bond acceptors (Lipinski definition) is 4. The zero-order chi connectivity index (χ0) is 12.8. The van der Waals surface area contributed by atoms with Crippen molar-refractivity contribution in [3.63, 3.8) is 0 Å². The minimum atomic E-state index is -0.839. The van der Waals surface area contributed by atoms with E-state index in [0.717, 1.165) is 5.69 Å². The average molecular weight is 236 g/mol. The van der Waals surface area contributed by atoms with Gasteiger partial charge < -0.3 is 4.74 Å². The molecule has 5 heteroatoms. The van der Waals surface area contributed by atoms with Crippen LogP contribution in [-0.4, -0.2) is 13.7 Å². The molecule has 0 aromatic heterocycles. The Bertz CT molecular complexity index is 553. The minimum Gasteiger partial charge on any atom is -0.436 e. The summed E-state index contributed by atoms with van der Waals surface area (Å²) >= 11 is 0. The Labute approximate surface area is 106 Å². The molecule has 0 saturated carbocycles. The van der Waals surface area contributed by atoms with Crippen molar-refractivity contribution in [2.75, 3.05) is 0 Å². The van der Waals surface area contributed by atoms with Gasteiger partial charge in [0, 0.05) is 0 Å². The molecular weight excluding hydrogens is 227 g/mol. The number of azo groups is 1. The first-order valence-electron chi connectivity index (χ1n) is 5.28. The van der Waals surface area contributed by atoms with E-state index >= 15 is 0 Å². The molecule has 2 radical (unpaired) electrons. The highest BCUT2D eigenvalue weighted by atomic mass is 16.5. The fourth-order valence-electron chi connectivity index (χ4n) is 1.31. The van der Waals surface area contributed by atoms with Crippen molar-refractivity contribution in [1.82, 2.24) is 0 Å². The summed E-state index contributed by atoms with van der Waals surface area (Å²) in [5.41, 5.74) is 1.44. The summed E-state index contributed by atoms with van der Waals surface area (Å²) in [5, 5.41) is 8.11. The van der Waals surface area contributed by atoms with Gasteiger partial charge in [-0.25, -0.2) is 0 Å². The molecule has 0 bridgehead atoms. The Morgan fingerprint density at radius 1 is 0.889 bits per heavy atom. The van der Waals surface area contributed by atoms with Crippen molar-refractivity contribution in [2.24, 2.45) is 10.2 Å². The van der Waals surface area contributed by atoms with Crippen LogP contribution in [0.3, 0.4) is 0 Å². The Balaban J connectivity index is 2.06. The van der Waals surface area contributed by atoms with E-state index in [1.807, 2.05) is 30.3 Å². The van der Waals surface area contributed by atoms with Crippen LogP contribution < -0.4 is 4.74 Å². The van der Waals surface area contributed by atoms with Crippen LogP contribution >= 0.6 is 0 Å². The van der Waals surface area contributed by atoms with E-state index in [-0.39, 0.29) is 0 Å². The van der Waals surface area contributed by atoms with Crippen LogP contribution in [0.4, 0.5) is 16.2 Å². The van der Waals surface area contributed by atoms with Crippen LogP contribution in [0.25, 0.3) is 0 Å². The smallest absolute Gasteiger partial charge is 0.241 e. The van der Waals surface area contributed by atoms with Gasteiger partial charge >= 0.3 is 0 Å². The number of nitrogens with zero attached hydrogens (tertiary/aromatic N) is 2. The van der Waals surface area contributed by atoms with Gasteiger partial charge in [-0.1, -0.05) is 18.2 Å². The normalized spacial score (nSPS) is 10.4. The lowest BCUT2D eigenvalue weighted by atomic mass is 10.2. The molecule has 2 aromatic rings. The highest BCUT2D eigenvalue weighted by Crippen LogP contribution is 2.20. The van der Waals surface area contributed by atoms with Gasteiger partial charge in [-0.2, -0.15) is 10.2 Å². The Morgan fingerprint density at radius 3 is 2.00 bits per heavy atom. The number of rotatable bonds is 3. The van der Waals surface area contributed by atoms with E-state index in [0.29, 0.717) is 11.4 Å². The molecule has 0 saturated heterocycles. The van der Waals surface area contributed by atoms with Gasteiger partial charge in [-0.05, 0) is 36.4 Å². The number of hydrogen-bond donors (Lipinski definition) is 0. The summed E-state index contributed by atoms with van der Waals surface area (Å²) in [6.07, 6.45) is 0. The molecule has 0 N–H and O–H groups in total. The standard InChI is InChI=1S/C13H9BN2O2/c14-13(17)18-12-8-6-11(7-9-12)16-15-10-4-2-1-3-5-10/h1-9H. The summed E-state index contributed by atoms with van der Waals surface area (Å²) in [6, 6.07) is 16.0. The Morgan fingerprint density at radius 2 is 1.44 bits per heavy atom. The van der Waals surface area contributed by atoms with Crippen molar-refractivity contribution >= 4 is 25.1 Å². The zero-order valence-electron chi connectivity index (χ0n) is 9.48. The SMILES string of the molecule is [B]C(=O)Oc1ccc(N=Nc2ccccc2)cc1. The van der Waals surface area contributed by atoms with Gasteiger partial charge in [0.1, 0.15) is 5.75 Å². The molecule has 18 heavy (non-hydrogen) atoms. The van der Waals surface area contributed by atoms with Gasteiger partial charge in [0.2, 0.25) is 13.7 Å². The van der Waals surface area contributed by atoms with E-state index in [2.05, 4.69) is 10.2 Å². The molecule has 0 aliphatic heterocycles. The third-order valence-electron chi connectivity index (χ3n) is 2.09. The molecular formula is C13H9BN2O2. The van der Waals surface area contributed by atoms with Crippen LogP contribution in [0.2, 0.25) is 0 Å². The third kappa shape index (κ3) is 3.55. The second-order valence-corrected chi connectivity index (χ2v) is 3.45. The second-order valence-electron chi connectivity index (χ2n) is 3.45. The van der Waals surface area contributed by atoms with Crippen molar-refractivity contribution < 1.29 is 9.53 Å². The largest absolute Gasteiger partial charge is 0.436 e. The van der Waals surface area contributed by atoms with Crippen LogP contribution in [0.5, 0.6) is 5.75 Å². The van der Waals surface area contributed by atoms with Crippen LogP contribution in [0, 0.1) is 0 Å². The first-order valence-corrected chi connectivity index (χ1v) is 5.28. The predicted octanol–water partition coefficient (Wildman–Crippen LogP) is 3.77. The number of carbonyl (C=O) groups excluding carboxylic acids is 1. The molecule has 0 amide bonds. The lowest BCUT2D eigenvalue weighted by Gasteiger charge is -2.00. The van der Waals surface area contributed by atoms with Crippen molar-refractivity contribution in [3.8, 4) is 5.75 Å². The van der Waals surface area contributed by atoms with Gasteiger partial charge in [-0.15, -0.1) is 0 Å². The molecule has 0 heterocycles. The summed E-state index contributed by atoms with van der Waals surface area (Å²) in [6.45, 7) is 0. The highest BCUT2D eigenvalue weighted by molar-refractivity contribution is 6.55. The predicted molar refractivity (Wildman–Crippen MR) is 68.8 cm³/mol. The molecule has 0 aliphatic carbocycles. The summed E-state index contributed by atoms with van der Waals surface area (Å²) in [4.78, 5) is 10.5. The maximum absolute atomic E-state index is 10.5. The molecule has 86 valence electrons. The molecule has 2 rings (SSSR count). The highest BCUT2D eigenvalue weighted by Gasteiger charge is 1.97. The van der Waals surface area contributed by atoms with E-state index < -0.39 is 5.87 Å². The van der Waals surface area contributed by atoms with Crippen molar-refractivity contribution in [2.45, 2.75) is 0 Å². The van der Waals surface area contributed by atoms with Crippen LogP contribution in [0.1, 0.15) is 0 Å². The van der Waals surface area contributed by atoms with E-state index in [1.54, 1.807) is 24.3 Å². The monoisotopic (exact) mass is 236 g/mol. The number of carbonyl (C=O) groups is 1. The number of ether oxygens (including phenoxy) is 1. The fourth-order valence-corrected chi connectivity index (χ4v) is 1.31. The first-order chi connectivity index (χ1) is 8.74. The zero-order valence-corrected chi connectivity index (χ0v) is 9.48. The summed E-state index contributed by atoms with van der Waals surface area (Å²) < 4.78 is 4.70. The first kappa shape index (κ1) is 12.0. The quantitative estimate of drug-likeness (QED) is 0.601. The number of benzene rings is 2. The summed E-state index contributed by atoms with van der Waals surface area (Å²) in [7, 11) is 4.89. The molecule has 0 fully saturated rings. The van der Waals surface area contributed by atoms with Crippen LogP contribution in [-0.2, 0) is 0 Å². The Kier molecular flexibility index (Phi) is 3.86. The third-order valence-corrected chi connectivity index (χ3v) is 2.09. The topological polar surface area (TPSA) is 51.0 Å². The van der Waals surface area contributed by atoms with Gasteiger partial charge in [0.15, 0.2) is 0 Å². The average Bonchev–Trinajstić information content (AvgIpc) is 2.38. The lowest BCUT2D eigenvalue weighted by molar-refractivity contribution is 0.225. The second kappa shape index (κ2) is 5.77. The lowest BCUT2D eigenvalue weighted by Crippen LogP contribution is -2.03. The van der Waals surface area contributed by atoms with Crippen molar-refractivity contribution in [3.05, 3.63) is 54.6 Å². The summed E-state index contributed by atoms with van der Waals surface area (Å²) in [5.74, 6) is -0.463. The van der Waals surface area contributed by atoms with E-state index in [9.17, 15) is 4.79 Å². The minimum absolute atomic E-state index is 0.376. The molecule has 0 aliphatic rings. The van der Waals surface area contributed by atoms with E-state index in [1.165, 1.54) is 0 Å².